The zero-order valence-electron chi connectivity index (χ0n) is 16.9. The minimum Gasteiger partial charge on any atom is -0.496 e. The Balaban J connectivity index is 1.63. The third-order valence-electron chi connectivity index (χ3n) is 4.76. The van der Waals surface area contributed by atoms with Gasteiger partial charge in [0.05, 0.1) is 24.1 Å². The van der Waals surface area contributed by atoms with Crippen LogP contribution in [-0.2, 0) is 6.61 Å². The zero-order valence-corrected chi connectivity index (χ0v) is 16.9. The summed E-state index contributed by atoms with van der Waals surface area (Å²) in [6.45, 7) is 4.15. The molecule has 0 fully saturated rings. The topological polar surface area (TPSA) is 94.9 Å². The van der Waals surface area contributed by atoms with Crippen molar-refractivity contribution in [1.29, 1.82) is 0 Å². The smallest absolute Gasteiger partial charge is 0.365 e. The maximum absolute atomic E-state index is 12.0. The van der Waals surface area contributed by atoms with Crippen molar-refractivity contribution in [2.45, 2.75) is 20.5 Å². The fraction of sp³-hybridized carbons (Fsp3) is 0.182. The maximum Gasteiger partial charge on any atom is 0.365 e. The molecule has 2 heterocycles. The SMILES string of the molecule is COc1cccc(-n2nn[nH]c2=O)c1COc1ccc(-c2cccc(C)n2)cc1C. The summed E-state index contributed by atoms with van der Waals surface area (Å²) < 4.78 is 12.7. The number of aromatic amines is 1. The number of pyridine rings is 1. The summed E-state index contributed by atoms with van der Waals surface area (Å²) in [5.74, 6) is 1.33. The average Bonchev–Trinajstić information content (AvgIpc) is 3.18. The van der Waals surface area contributed by atoms with Crippen molar-refractivity contribution in [1.82, 2.24) is 25.2 Å². The molecule has 0 aliphatic carbocycles. The quantitative estimate of drug-likeness (QED) is 0.531. The van der Waals surface area contributed by atoms with Crippen LogP contribution in [0, 0.1) is 13.8 Å². The lowest BCUT2D eigenvalue weighted by Crippen LogP contribution is -2.18. The third kappa shape index (κ3) is 3.80. The number of aromatic nitrogens is 5. The Labute approximate surface area is 173 Å². The maximum atomic E-state index is 12.0. The van der Waals surface area contributed by atoms with Gasteiger partial charge in [-0.25, -0.2) is 9.89 Å². The van der Waals surface area contributed by atoms with Gasteiger partial charge in [0, 0.05) is 11.3 Å². The molecule has 4 aromatic rings. The fourth-order valence-electron chi connectivity index (χ4n) is 3.27. The van der Waals surface area contributed by atoms with E-state index in [1.165, 1.54) is 4.68 Å². The number of H-pyrrole nitrogens is 1. The first-order chi connectivity index (χ1) is 14.6. The van der Waals surface area contributed by atoms with Gasteiger partial charge in [-0.2, -0.15) is 4.68 Å². The predicted octanol–water partition coefficient (Wildman–Crippen LogP) is 3.22. The minimum atomic E-state index is -0.435. The highest BCUT2D eigenvalue weighted by Crippen LogP contribution is 2.29. The van der Waals surface area contributed by atoms with E-state index in [0.717, 1.165) is 28.3 Å². The van der Waals surface area contributed by atoms with E-state index in [2.05, 4.69) is 20.5 Å². The van der Waals surface area contributed by atoms with E-state index in [9.17, 15) is 4.79 Å². The Bertz CT molecular complexity index is 1250. The average molecular weight is 403 g/mol. The van der Waals surface area contributed by atoms with Crippen molar-refractivity contribution in [2.75, 3.05) is 7.11 Å². The van der Waals surface area contributed by atoms with Crippen LogP contribution in [0.2, 0.25) is 0 Å². The van der Waals surface area contributed by atoms with Crippen molar-refractivity contribution in [3.05, 3.63) is 81.9 Å². The molecule has 1 N–H and O–H groups in total. The number of hydrogen-bond donors (Lipinski definition) is 1. The monoisotopic (exact) mass is 403 g/mol. The Kier molecular flexibility index (Phi) is 5.30. The number of methoxy groups -OCH3 is 1. The molecule has 8 heteroatoms. The van der Waals surface area contributed by atoms with Gasteiger partial charge >= 0.3 is 5.69 Å². The van der Waals surface area contributed by atoms with Gasteiger partial charge in [-0.3, -0.25) is 4.98 Å². The Morgan fingerprint density at radius 3 is 2.57 bits per heavy atom. The number of aryl methyl sites for hydroxylation is 2. The third-order valence-corrected chi connectivity index (χ3v) is 4.76. The summed E-state index contributed by atoms with van der Waals surface area (Å²) >= 11 is 0. The van der Waals surface area contributed by atoms with Crippen LogP contribution in [0.25, 0.3) is 16.9 Å². The molecule has 2 aromatic heterocycles. The molecular weight excluding hydrogens is 382 g/mol. The number of hydrogen-bond acceptors (Lipinski definition) is 6. The van der Waals surface area contributed by atoms with Crippen molar-refractivity contribution < 1.29 is 9.47 Å². The van der Waals surface area contributed by atoms with Crippen LogP contribution in [0.4, 0.5) is 0 Å². The molecule has 0 radical (unpaired) electrons. The number of ether oxygens (including phenoxy) is 2. The second-order valence-corrected chi connectivity index (χ2v) is 6.81. The minimum absolute atomic E-state index is 0.196. The molecule has 0 aliphatic rings. The molecule has 0 bridgehead atoms. The molecule has 0 spiro atoms. The lowest BCUT2D eigenvalue weighted by atomic mass is 10.1. The molecule has 8 nitrogen and oxygen atoms in total. The number of benzene rings is 2. The Hall–Kier alpha value is -3.94. The molecular formula is C22H21N5O3. The first-order valence-corrected chi connectivity index (χ1v) is 9.41. The van der Waals surface area contributed by atoms with E-state index in [1.807, 2.05) is 56.3 Å². The van der Waals surface area contributed by atoms with E-state index in [1.54, 1.807) is 19.2 Å². The van der Waals surface area contributed by atoms with Gasteiger partial charge < -0.3 is 9.47 Å². The van der Waals surface area contributed by atoms with Crippen molar-refractivity contribution >= 4 is 0 Å². The van der Waals surface area contributed by atoms with Crippen LogP contribution in [-0.4, -0.2) is 32.3 Å². The molecule has 0 unspecified atom stereocenters. The molecule has 0 atom stereocenters. The lowest BCUT2D eigenvalue weighted by molar-refractivity contribution is 0.294. The molecule has 30 heavy (non-hydrogen) atoms. The van der Waals surface area contributed by atoms with E-state index in [0.29, 0.717) is 17.0 Å². The van der Waals surface area contributed by atoms with Gasteiger partial charge in [-0.15, -0.1) is 0 Å². The Morgan fingerprint density at radius 1 is 1.03 bits per heavy atom. The van der Waals surface area contributed by atoms with Crippen LogP contribution in [0.3, 0.4) is 0 Å². The van der Waals surface area contributed by atoms with Gasteiger partial charge in [-0.05, 0) is 72.3 Å². The van der Waals surface area contributed by atoms with Crippen molar-refractivity contribution in [2.24, 2.45) is 0 Å². The second kappa shape index (κ2) is 8.20. The summed E-state index contributed by atoms with van der Waals surface area (Å²) in [5, 5.41) is 9.69. The summed E-state index contributed by atoms with van der Waals surface area (Å²) in [7, 11) is 1.57. The number of rotatable bonds is 6. The molecule has 152 valence electrons. The van der Waals surface area contributed by atoms with Crippen LogP contribution >= 0.6 is 0 Å². The Morgan fingerprint density at radius 2 is 1.87 bits per heavy atom. The van der Waals surface area contributed by atoms with E-state index < -0.39 is 5.69 Å². The van der Waals surface area contributed by atoms with Crippen molar-refractivity contribution in [3.63, 3.8) is 0 Å². The summed E-state index contributed by atoms with van der Waals surface area (Å²) in [5.41, 5.74) is 4.70. The summed E-state index contributed by atoms with van der Waals surface area (Å²) in [6.07, 6.45) is 0. The summed E-state index contributed by atoms with van der Waals surface area (Å²) in [6, 6.07) is 17.3. The first kappa shape index (κ1) is 19.4. The van der Waals surface area contributed by atoms with Crippen LogP contribution < -0.4 is 15.2 Å². The number of tetrazole rings is 1. The fourth-order valence-corrected chi connectivity index (χ4v) is 3.27. The largest absolute Gasteiger partial charge is 0.496 e. The normalized spacial score (nSPS) is 10.8. The van der Waals surface area contributed by atoms with Crippen LogP contribution in [0.15, 0.2) is 59.4 Å². The van der Waals surface area contributed by atoms with Crippen molar-refractivity contribution in [3.8, 4) is 28.4 Å². The molecule has 0 saturated carbocycles. The van der Waals surface area contributed by atoms with Crippen LogP contribution in [0.1, 0.15) is 16.8 Å². The van der Waals surface area contributed by atoms with Gasteiger partial charge in [0.25, 0.3) is 0 Å². The molecule has 0 saturated heterocycles. The number of nitrogens with one attached hydrogen (secondary N) is 1. The van der Waals surface area contributed by atoms with Gasteiger partial charge in [-0.1, -0.05) is 12.1 Å². The van der Waals surface area contributed by atoms with E-state index in [4.69, 9.17) is 9.47 Å². The van der Waals surface area contributed by atoms with Gasteiger partial charge in [0.15, 0.2) is 0 Å². The van der Waals surface area contributed by atoms with Gasteiger partial charge in [0.2, 0.25) is 0 Å². The highest BCUT2D eigenvalue weighted by molar-refractivity contribution is 5.62. The first-order valence-electron chi connectivity index (χ1n) is 9.41. The predicted molar refractivity (Wildman–Crippen MR) is 112 cm³/mol. The zero-order chi connectivity index (χ0) is 21.1. The highest BCUT2D eigenvalue weighted by atomic mass is 16.5. The molecule has 0 amide bonds. The lowest BCUT2D eigenvalue weighted by Gasteiger charge is -2.15. The summed E-state index contributed by atoms with van der Waals surface area (Å²) in [4.78, 5) is 16.6. The standard InChI is InChI=1S/C22H21N5O3/c1-14-12-16(18-7-4-6-15(2)23-18)10-11-20(14)30-13-17-19(8-5-9-21(17)29-3)27-22(28)24-25-26-27/h4-12H,13H2,1-3H3,(H,24,26,28). The van der Waals surface area contributed by atoms with Crippen LogP contribution in [0.5, 0.6) is 11.5 Å². The second-order valence-electron chi connectivity index (χ2n) is 6.81. The molecule has 2 aromatic carbocycles. The highest BCUT2D eigenvalue weighted by Gasteiger charge is 2.15. The van der Waals surface area contributed by atoms with E-state index >= 15 is 0 Å². The molecule has 4 rings (SSSR count). The number of nitrogens with zero attached hydrogens (tertiary/aromatic N) is 4. The molecule has 0 aliphatic heterocycles. The van der Waals surface area contributed by atoms with E-state index in [-0.39, 0.29) is 6.61 Å². The van der Waals surface area contributed by atoms with Gasteiger partial charge in [0.1, 0.15) is 18.1 Å².